The minimum Gasteiger partial charge on any atom is -0.477 e. The molecule has 0 saturated heterocycles. The maximum Gasteiger partial charge on any atom is 0.261 e. The van der Waals surface area contributed by atoms with Crippen LogP contribution in [0.3, 0.4) is 0 Å². The molecule has 1 heterocycles. The molecule has 0 radical (unpaired) electrons. The van der Waals surface area contributed by atoms with Crippen LogP contribution in [-0.4, -0.2) is 17.5 Å². The highest BCUT2D eigenvalue weighted by Gasteiger charge is 2.13. The van der Waals surface area contributed by atoms with E-state index in [0.29, 0.717) is 18.1 Å². The van der Waals surface area contributed by atoms with Gasteiger partial charge in [0.15, 0.2) is 0 Å². The van der Waals surface area contributed by atoms with Crippen LogP contribution in [0.1, 0.15) is 22.8 Å². The number of hydrogen-bond acceptors (Lipinski definition) is 3. The lowest BCUT2D eigenvalue weighted by Gasteiger charge is -2.09. The zero-order chi connectivity index (χ0) is 13.7. The van der Waals surface area contributed by atoms with Crippen molar-refractivity contribution in [2.45, 2.75) is 13.8 Å². The third-order valence-electron chi connectivity index (χ3n) is 2.61. The lowest BCUT2D eigenvalue weighted by molar-refractivity contribution is 0.102. The van der Waals surface area contributed by atoms with Crippen LogP contribution in [0, 0.1) is 6.92 Å². The van der Waals surface area contributed by atoms with Gasteiger partial charge in [-0.15, -0.1) is 0 Å². The van der Waals surface area contributed by atoms with Gasteiger partial charge >= 0.3 is 0 Å². The number of aryl methyl sites for hydroxylation is 1. The molecule has 0 spiro atoms. The molecule has 1 aromatic heterocycles. The average molecular weight is 256 g/mol. The van der Waals surface area contributed by atoms with Gasteiger partial charge < -0.3 is 10.1 Å². The van der Waals surface area contributed by atoms with Crippen molar-refractivity contribution < 1.29 is 9.53 Å². The number of pyridine rings is 1. The highest BCUT2D eigenvalue weighted by atomic mass is 16.5. The van der Waals surface area contributed by atoms with Crippen molar-refractivity contribution in [1.82, 2.24) is 4.98 Å². The molecule has 1 aromatic carbocycles. The SMILES string of the molecule is CCOc1ncccc1C(=O)Nc1ccc(C)cc1. The van der Waals surface area contributed by atoms with Gasteiger partial charge in [0.25, 0.3) is 5.91 Å². The second kappa shape index (κ2) is 6.00. The van der Waals surface area contributed by atoms with Crippen LogP contribution >= 0.6 is 0 Å². The summed E-state index contributed by atoms with van der Waals surface area (Å²) >= 11 is 0. The Bertz CT molecular complexity index is 565. The van der Waals surface area contributed by atoms with E-state index in [4.69, 9.17) is 4.74 Å². The van der Waals surface area contributed by atoms with Gasteiger partial charge in [0.05, 0.1) is 6.61 Å². The molecule has 2 rings (SSSR count). The van der Waals surface area contributed by atoms with E-state index in [1.807, 2.05) is 38.1 Å². The first-order chi connectivity index (χ1) is 9.20. The van der Waals surface area contributed by atoms with Crippen LogP contribution in [0.4, 0.5) is 5.69 Å². The molecule has 1 N–H and O–H groups in total. The van der Waals surface area contributed by atoms with Gasteiger partial charge in [0, 0.05) is 11.9 Å². The zero-order valence-corrected chi connectivity index (χ0v) is 11.0. The molecule has 2 aromatic rings. The fraction of sp³-hybridized carbons (Fsp3) is 0.200. The van der Waals surface area contributed by atoms with Crippen molar-refractivity contribution in [3.8, 4) is 5.88 Å². The molecule has 4 heteroatoms. The Labute approximate surface area is 112 Å². The van der Waals surface area contributed by atoms with Crippen molar-refractivity contribution in [3.05, 3.63) is 53.7 Å². The van der Waals surface area contributed by atoms with E-state index in [9.17, 15) is 4.79 Å². The summed E-state index contributed by atoms with van der Waals surface area (Å²) < 4.78 is 5.34. The van der Waals surface area contributed by atoms with Crippen LogP contribution in [0.5, 0.6) is 5.88 Å². The number of ether oxygens (including phenoxy) is 1. The van der Waals surface area contributed by atoms with E-state index in [-0.39, 0.29) is 5.91 Å². The summed E-state index contributed by atoms with van der Waals surface area (Å²) in [5.41, 5.74) is 2.33. The quantitative estimate of drug-likeness (QED) is 0.914. The van der Waals surface area contributed by atoms with E-state index in [1.165, 1.54) is 0 Å². The summed E-state index contributed by atoms with van der Waals surface area (Å²) in [7, 11) is 0. The average Bonchev–Trinajstić information content (AvgIpc) is 2.42. The van der Waals surface area contributed by atoms with Crippen molar-refractivity contribution in [2.24, 2.45) is 0 Å². The first-order valence-electron chi connectivity index (χ1n) is 6.16. The monoisotopic (exact) mass is 256 g/mol. The number of anilines is 1. The number of aromatic nitrogens is 1. The molecule has 1 amide bonds. The number of nitrogens with zero attached hydrogens (tertiary/aromatic N) is 1. The largest absolute Gasteiger partial charge is 0.477 e. The molecule has 0 aliphatic carbocycles. The molecule has 0 aliphatic rings. The molecule has 0 atom stereocenters. The maximum atomic E-state index is 12.2. The summed E-state index contributed by atoms with van der Waals surface area (Å²) in [5, 5.41) is 2.83. The molecule has 4 nitrogen and oxygen atoms in total. The molecule has 19 heavy (non-hydrogen) atoms. The molecule has 0 saturated carbocycles. The van der Waals surface area contributed by atoms with Crippen LogP contribution in [0.25, 0.3) is 0 Å². The Balaban J connectivity index is 2.18. The van der Waals surface area contributed by atoms with Gasteiger partial charge in [-0.3, -0.25) is 4.79 Å². The lowest BCUT2D eigenvalue weighted by Crippen LogP contribution is -2.14. The fourth-order valence-corrected chi connectivity index (χ4v) is 1.65. The van der Waals surface area contributed by atoms with Crippen LogP contribution in [0.2, 0.25) is 0 Å². The predicted octanol–water partition coefficient (Wildman–Crippen LogP) is 3.04. The third-order valence-corrected chi connectivity index (χ3v) is 2.61. The van der Waals surface area contributed by atoms with E-state index in [0.717, 1.165) is 11.3 Å². The first kappa shape index (κ1) is 13.1. The summed E-state index contributed by atoms with van der Waals surface area (Å²) in [4.78, 5) is 16.2. The standard InChI is InChI=1S/C15H16N2O2/c1-3-19-15-13(5-4-10-16-15)14(18)17-12-8-6-11(2)7-9-12/h4-10H,3H2,1-2H3,(H,17,18). The number of rotatable bonds is 4. The van der Waals surface area contributed by atoms with E-state index in [2.05, 4.69) is 10.3 Å². The molecule has 0 fully saturated rings. The third kappa shape index (κ3) is 3.31. The van der Waals surface area contributed by atoms with E-state index >= 15 is 0 Å². The smallest absolute Gasteiger partial charge is 0.261 e. The number of carbonyl (C=O) groups excluding carboxylic acids is 1. The molecule has 0 aliphatic heterocycles. The number of nitrogens with one attached hydrogen (secondary N) is 1. The van der Waals surface area contributed by atoms with Gasteiger partial charge in [-0.2, -0.15) is 0 Å². The van der Waals surface area contributed by atoms with Crippen molar-refractivity contribution >= 4 is 11.6 Å². The number of benzene rings is 1. The van der Waals surface area contributed by atoms with Crippen LogP contribution in [-0.2, 0) is 0 Å². The van der Waals surface area contributed by atoms with Crippen molar-refractivity contribution in [3.63, 3.8) is 0 Å². The van der Waals surface area contributed by atoms with Crippen molar-refractivity contribution in [1.29, 1.82) is 0 Å². The molecule has 0 unspecified atom stereocenters. The van der Waals surface area contributed by atoms with E-state index in [1.54, 1.807) is 18.3 Å². The second-order valence-corrected chi connectivity index (χ2v) is 4.11. The van der Waals surface area contributed by atoms with Crippen LogP contribution in [0.15, 0.2) is 42.6 Å². The Morgan fingerprint density at radius 1 is 1.26 bits per heavy atom. The van der Waals surface area contributed by atoms with Gasteiger partial charge in [-0.1, -0.05) is 17.7 Å². The summed E-state index contributed by atoms with van der Waals surface area (Å²) in [6.07, 6.45) is 1.60. The molecule has 98 valence electrons. The normalized spacial score (nSPS) is 10.0. The second-order valence-electron chi connectivity index (χ2n) is 4.11. The topological polar surface area (TPSA) is 51.2 Å². The minimum absolute atomic E-state index is 0.222. The minimum atomic E-state index is -0.222. The van der Waals surface area contributed by atoms with Gasteiger partial charge in [-0.05, 0) is 38.1 Å². The number of amides is 1. The molecule has 0 bridgehead atoms. The van der Waals surface area contributed by atoms with Crippen LogP contribution < -0.4 is 10.1 Å². The van der Waals surface area contributed by atoms with Gasteiger partial charge in [0.1, 0.15) is 5.56 Å². The summed E-state index contributed by atoms with van der Waals surface area (Å²) in [5.74, 6) is 0.134. The fourth-order valence-electron chi connectivity index (χ4n) is 1.65. The van der Waals surface area contributed by atoms with Gasteiger partial charge in [-0.25, -0.2) is 4.98 Å². The molecular weight excluding hydrogens is 240 g/mol. The number of hydrogen-bond donors (Lipinski definition) is 1. The predicted molar refractivity (Wildman–Crippen MR) is 74.5 cm³/mol. The van der Waals surface area contributed by atoms with Crippen molar-refractivity contribution in [2.75, 3.05) is 11.9 Å². The Hall–Kier alpha value is -2.36. The molecular formula is C15H16N2O2. The summed E-state index contributed by atoms with van der Waals surface area (Å²) in [6.45, 7) is 4.33. The first-order valence-corrected chi connectivity index (χ1v) is 6.16. The van der Waals surface area contributed by atoms with Gasteiger partial charge in [0.2, 0.25) is 5.88 Å². The number of carbonyl (C=O) groups is 1. The highest BCUT2D eigenvalue weighted by Crippen LogP contribution is 2.17. The Kier molecular flexibility index (Phi) is 4.13. The zero-order valence-electron chi connectivity index (χ0n) is 11.0. The van der Waals surface area contributed by atoms with E-state index < -0.39 is 0 Å². The Morgan fingerprint density at radius 3 is 2.68 bits per heavy atom. The summed E-state index contributed by atoms with van der Waals surface area (Å²) in [6, 6.07) is 11.0. The maximum absolute atomic E-state index is 12.2. The lowest BCUT2D eigenvalue weighted by atomic mass is 10.2. The highest BCUT2D eigenvalue weighted by molar-refractivity contribution is 6.05. The Morgan fingerprint density at radius 2 is 2.00 bits per heavy atom.